The first kappa shape index (κ1) is 64.0. The van der Waals surface area contributed by atoms with Crippen LogP contribution in [0.1, 0.15) is 99.8 Å². The number of nitrogens with two attached hydrogens (primary N) is 2. The van der Waals surface area contributed by atoms with Gasteiger partial charge in [-0.15, -0.1) is 0 Å². The van der Waals surface area contributed by atoms with Crippen LogP contribution in [0.2, 0.25) is 0 Å². The standard InChI is InChI=1S/C42H70N10O19/c1-8-19(6)32(40(68)48-25(16-53)37(65)47-24(42(70)71)11-14-29(60)61)51-39(67)31(18(4)5)49-35(63)23(10-13-28(58)59)46-38(66)30(17(2)3)50-41(69)33(20(7)54)52-36(64)22(9-12-27(56)57)45-34(62)21(43)15-26(44)55/h17-25,30-33,53-54H,8-16,43H2,1-7H3,(H2,44,55)(H,45,62)(H,46,66)(H,47,65)(H,48,68)(H,49,63)(H,50,69)(H,51,67)(H,52,64)(H,56,57)(H,58,59)(H,60,61)(H,70,71)/t19-,20+,21-,22-,23-,24-,25-,30-,31-,32-,33-/m0/s1. The van der Waals surface area contributed by atoms with Gasteiger partial charge in [-0.3, -0.25) is 57.5 Å². The fraction of sp³-hybridized carbons (Fsp3) is 0.690. The molecule has 402 valence electrons. The Balaban J connectivity index is 6.49. The Morgan fingerprint density at radius 1 is 0.451 bits per heavy atom. The van der Waals surface area contributed by atoms with Gasteiger partial charge in [-0.2, -0.15) is 0 Å². The summed E-state index contributed by atoms with van der Waals surface area (Å²) in [5.74, 6) is -17.7. The summed E-state index contributed by atoms with van der Waals surface area (Å²) in [6.45, 7) is 9.10. The molecule has 0 aromatic rings. The predicted octanol–water partition coefficient (Wildman–Crippen LogP) is -5.52. The van der Waals surface area contributed by atoms with Crippen LogP contribution in [0.15, 0.2) is 0 Å². The topological polar surface area (TPSA) is 492 Å². The van der Waals surface area contributed by atoms with E-state index in [1.807, 2.05) is 5.32 Å². The molecule has 0 heterocycles. The molecule has 0 saturated heterocycles. The van der Waals surface area contributed by atoms with Gasteiger partial charge in [0.25, 0.3) is 0 Å². The second-order valence-corrected chi connectivity index (χ2v) is 17.4. The first-order chi connectivity index (χ1) is 32.9. The third-order valence-corrected chi connectivity index (χ3v) is 10.7. The van der Waals surface area contributed by atoms with Crippen molar-refractivity contribution in [2.24, 2.45) is 29.2 Å². The molecule has 11 atom stereocenters. The average Bonchev–Trinajstić information content (AvgIpc) is 3.26. The summed E-state index contributed by atoms with van der Waals surface area (Å²) < 4.78 is 0. The van der Waals surface area contributed by atoms with E-state index in [9.17, 15) is 87.9 Å². The number of amides is 9. The second-order valence-electron chi connectivity index (χ2n) is 17.4. The summed E-state index contributed by atoms with van der Waals surface area (Å²) in [4.78, 5) is 164. The number of aliphatic hydroxyl groups excluding tert-OH is 2. The zero-order chi connectivity index (χ0) is 55.0. The highest BCUT2D eigenvalue weighted by Crippen LogP contribution is 2.13. The van der Waals surface area contributed by atoms with Crippen molar-refractivity contribution >= 4 is 77.0 Å². The van der Waals surface area contributed by atoms with Gasteiger partial charge in [0.1, 0.15) is 48.3 Å². The molecule has 0 aromatic carbocycles. The van der Waals surface area contributed by atoms with E-state index in [2.05, 4.69) is 37.2 Å². The monoisotopic (exact) mass is 1020 g/mol. The molecular weight excluding hydrogens is 949 g/mol. The van der Waals surface area contributed by atoms with Crippen molar-refractivity contribution in [3.63, 3.8) is 0 Å². The first-order valence-electron chi connectivity index (χ1n) is 22.5. The van der Waals surface area contributed by atoms with E-state index in [4.69, 9.17) is 16.6 Å². The number of hydrogen-bond donors (Lipinski definition) is 16. The van der Waals surface area contributed by atoms with Gasteiger partial charge in [0.2, 0.25) is 53.2 Å². The van der Waals surface area contributed by atoms with Gasteiger partial charge >= 0.3 is 23.9 Å². The molecule has 0 rings (SSSR count). The second kappa shape index (κ2) is 31.3. The van der Waals surface area contributed by atoms with E-state index in [1.165, 1.54) is 27.7 Å². The number of primary amides is 1. The SMILES string of the molecule is CC[C@H](C)[C@H](NC(=O)[C@@H](NC(=O)[C@H](CCC(=O)O)NC(=O)[C@@H](NC(=O)[C@@H](NC(=O)[C@H](CCC(=O)O)NC(=O)[C@@H](N)CC(N)=O)[C@@H](C)O)C(C)C)C(C)C)C(=O)N[C@@H](CO)C(=O)N[C@@H](CCC(=O)O)C(=O)O. The molecule has 29 nitrogen and oxygen atoms in total. The maximum atomic E-state index is 13.9. The molecule has 29 heteroatoms. The molecule has 9 amide bonds. The largest absolute Gasteiger partial charge is 0.481 e. The highest BCUT2D eigenvalue weighted by molar-refractivity contribution is 5.99. The number of carbonyl (C=O) groups is 13. The normalized spacial score (nSPS) is 15.8. The molecule has 0 aromatic heterocycles. The smallest absolute Gasteiger partial charge is 0.326 e. The van der Waals surface area contributed by atoms with Crippen molar-refractivity contribution in [1.82, 2.24) is 42.5 Å². The fourth-order valence-corrected chi connectivity index (χ4v) is 6.35. The Morgan fingerprint density at radius 3 is 1.15 bits per heavy atom. The van der Waals surface area contributed by atoms with Gasteiger partial charge in [0.15, 0.2) is 0 Å². The predicted molar refractivity (Wildman–Crippen MR) is 243 cm³/mol. The number of aliphatic hydroxyl groups is 2. The average molecular weight is 1020 g/mol. The summed E-state index contributed by atoms with van der Waals surface area (Å²) in [6, 6.07) is -14.8. The number of aliphatic carboxylic acids is 4. The van der Waals surface area contributed by atoms with E-state index in [-0.39, 0.29) is 6.42 Å². The quantitative estimate of drug-likeness (QED) is 0.0286. The van der Waals surface area contributed by atoms with E-state index in [0.717, 1.165) is 6.92 Å². The van der Waals surface area contributed by atoms with E-state index in [0.29, 0.717) is 0 Å². The number of carbonyl (C=O) groups excluding carboxylic acids is 9. The molecule has 0 aliphatic rings. The summed E-state index contributed by atoms with van der Waals surface area (Å²) in [6.07, 6.45) is -5.75. The fourth-order valence-electron chi connectivity index (χ4n) is 6.35. The van der Waals surface area contributed by atoms with E-state index in [1.54, 1.807) is 13.8 Å². The lowest BCUT2D eigenvalue weighted by Gasteiger charge is -2.31. The van der Waals surface area contributed by atoms with Gasteiger partial charge in [-0.25, -0.2) is 4.79 Å². The van der Waals surface area contributed by atoms with Crippen molar-refractivity contribution in [3.8, 4) is 0 Å². The molecule has 0 fully saturated rings. The molecule has 0 bridgehead atoms. The number of rotatable bonds is 34. The number of carboxylic acids is 4. The van der Waals surface area contributed by atoms with Crippen LogP contribution < -0.4 is 54.0 Å². The zero-order valence-electron chi connectivity index (χ0n) is 40.5. The van der Waals surface area contributed by atoms with Crippen LogP contribution in [0.5, 0.6) is 0 Å². The molecular formula is C42H70N10O19. The van der Waals surface area contributed by atoms with Crippen molar-refractivity contribution in [1.29, 1.82) is 0 Å². The minimum absolute atomic E-state index is 0.241. The Labute approximate surface area is 408 Å². The van der Waals surface area contributed by atoms with Gasteiger partial charge in [-0.05, 0) is 43.9 Å². The molecule has 0 spiro atoms. The Hall–Kier alpha value is -7.01. The Morgan fingerprint density at radius 2 is 0.775 bits per heavy atom. The van der Waals surface area contributed by atoms with Crippen molar-refractivity contribution in [2.45, 2.75) is 160 Å². The molecule has 0 unspecified atom stereocenters. The summed E-state index contributed by atoms with van der Waals surface area (Å²) >= 11 is 0. The maximum Gasteiger partial charge on any atom is 0.326 e. The minimum atomic E-state index is -1.87. The third-order valence-electron chi connectivity index (χ3n) is 10.7. The van der Waals surface area contributed by atoms with Crippen molar-refractivity contribution < 1.29 is 93.0 Å². The Kier molecular flexibility index (Phi) is 28.2. The van der Waals surface area contributed by atoms with E-state index < -0.39 is 207 Å². The van der Waals surface area contributed by atoms with Crippen LogP contribution in [0.25, 0.3) is 0 Å². The van der Waals surface area contributed by atoms with Gasteiger partial charge in [0, 0.05) is 19.3 Å². The minimum Gasteiger partial charge on any atom is -0.481 e. The molecule has 0 saturated carbocycles. The lowest BCUT2D eigenvalue weighted by Crippen LogP contribution is -2.63. The van der Waals surface area contributed by atoms with Crippen molar-refractivity contribution in [3.05, 3.63) is 0 Å². The number of hydrogen-bond acceptors (Lipinski definition) is 16. The van der Waals surface area contributed by atoms with Crippen LogP contribution in [-0.4, -0.2) is 175 Å². The summed E-state index contributed by atoms with van der Waals surface area (Å²) in [5.41, 5.74) is 10.7. The highest BCUT2D eigenvalue weighted by Gasteiger charge is 2.38. The lowest BCUT2D eigenvalue weighted by atomic mass is 9.96. The van der Waals surface area contributed by atoms with Crippen LogP contribution in [0.4, 0.5) is 0 Å². The molecule has 0 aliphatic carbocycles. The Bertz CT molecular complexity index is 1930. The van der Waals surface area contributed by atoms with Crippen LogP contribution >= 0.6 is 0 Å². The van der Waals surface area contributed by atoms with Gasteiger partial charge in [0.05, 0.1) is 25.2 Å². The summed E-state index contributed by atoms with van der Waals surface area (Å²) in [7, 11) is 0. The first-order valence-corrected chi connectivity index (χ1v) is 22.5. The van der Waals surface area contributed by atoms with Crippen LogP contribution in [0.3, 0.4) is 0 Å². The van der Waals surface area contributed by atoms with Crippen LogP contribution in [-0.2, 0) is 62.3 Å². The zero-order valence-corrected chi connectivity index (χ0v) is 40.5. The third kappa shape index (κ3) is 23.4. The maximum absolute atomic E-state index is 13.9. The molecule has 71 heavy (non-hydrogen) atoms. The molecule has 18 N–H and O–H groups in total. The summed E-state index contributed by atoms with van der Waals surface area (Å²) in [5, 5.41) is 75.7. The van der Waals surface area contributed by atoms with Gasteiger partial charge < -0.3 is 84.6 Å². The van der Waals surface area contributed by atoms with E-state index >= 15 is 0 Å². The number of nitrogens with one attached hydrogen (secondary N) is 8. The number of carboxylic acid groups (broad SMARTS) is 4. The van der Waals surface area contributed by atoms with Gasteiger partial charge in [-0.1, -0.05) is 48.0 Å². The lowest BCUT2D eigenvalue weighted by molar-refractivity contribution is -0.144. The molecule has 0 aliphatic heterocycles. The van der Waals surface area contributed by atoms with Crippen molar-refractivity contribution in [2.75, 3.05) is 6.61 Å². The molecule has 0 radical (unpaired) electrons. The van der Waals surface area contributed by atoms with Crippen LogP contribution in [0, 0.1) is 17.8 Å². The highest BCUT2D eigenvalue weighted by atomic mass is 16.4.